The normalized spacial score (nSPS) is 10.7. The van der Waals surface area contributed by atoms with Gasteiger partial charge in [-0.1, -0.05) is 18.2 Å². The number of benzene rings is 1. The molecule has 2 heterocycles. The molecule has 0 unspecified atom stereocenters. The predicted molar refractivity (Wildman–Crippen MR) is 88.2 cm³/mol. The second-order valence-corrected chi connectivity index (χ2v) is 6.28. The average Bonchev–Trinajstić information content (AvgIpc) is 3.17. The van der Waals surface area contributed by atoms with E-state index in [0.717, 1.165) is 10.4 Å². The average molecular weight is 328 g/mol. The Hall–Kier alpha value is -2.54. The second kappa shape index (κ2) is 7.15. The number of rotatable bonds is 6. The van der Waals surface area contributed by atoms with Crippen molar-refractivity contribution in [1.82, 2.24) is 15.2 Å². The van der Waals surface area contributed by atoms with Gasteiger partial charge in [0.1, 0.15) is 0 Å². The molecule has 1 amide bonds. The summed E-state index contributed by atoms with van der Waals surface area (Å²) in [6.07, 6.45) is 3.35. The quantitative estimate of drug-likeness (QED) is 0.749. The van der Waals surface area contributed by atoms with Crippen LogP contribution in [0.3, 0.4) is 0 Å². The van der Waals surface area contributed by atoms with Crippen LogP contribution in [-0.4, -0.2) is 21.1 Å². The van der Waals surface area contributed by atoms with E-state index in [2.05, 4.69) is 20.5 Å². The summed E-state index contributed by atoms with van der Waals surface area (Å²) < 4.78 is 5.61. The number of aromatic nitrogens is 3. The highest BCUT2D eigenvalue weighted by Crippen LogP contribution is 2.19. The Morgan fingerprint density at radius 3 is 2.83 bits per heavy atom. The van der Waals surface area contributed by atoms with E-state index in [1.165, 1.54) is 11.3 Å². The highest BCUT2D eigenvalue weighted by atomic mass is 32.1. The first-order chi connectivity index (χ1) is 11.2. The van der Waals surface area contributed by atoms with Crippen LogP contribution in [0.15, 0.2) is 40.9 Å². The molecule has 0 aliphatic heterocycles. The SMILES string of the molecule is Cc1cnc(NC(=O)CCCc2nnc(-c3ccccc3)o2)s1. The smallest absolute Gasteiger partial charge is 0.247 e. The summed E-state index contributed by atoms with van der Waals surface area (Å²) in [4.78, 5) is 17.0. The van der Waals surface area contributed by atoms with Gasteiger partial charge >= 0.3 is 0 Å². The van der Waals surface area contributed by atoms with Crippen LogP contribution in [-0.2, 0) is 11.2 Å². The van der Waals surface area contributed by atoms with Crippen LogP contribution in [0.5, 0.6) is 0 Å². The minimum atomic E-state index is -0.0536. The third kappa shape index (κ3) is 4.23. The van der Waals surface area contributed by atoms with Crippen molar-refractivity contribution in [3.8, 4) is 11.5 Å². The summed E-state index contributed by atoms with van der Waals surface area (Å²) in [6.45, 7) is 1.95. The minimum absolute atomic E-state index is 0.0536. The second-order valence-electron chi connectivity index (χ2n) is 5.04. The molecule has 0 aliphatic carbocycles. The zero-order valence-corrected chi connectivity index (χ0v) is 13.5. The summed E-state index contributed by atoms with van der Waals surface area (Å²) >= 11 is 1.46. The molecule has 3 aromatic rings. The van der Waals surface area contributed by atoms with Gasteiger partial charge in [0, 0.05) is 29.5 Å². The number of hydrogen-bond acceptors (Lipinski definition) is 6. The topological polar surface area (TPSA) is 80.9 Å². The van der Waals surface area contributed by atoms with E-state index in [1.807, 2.05) is 37.3 Å². The molecule has 23 heavy (non-hydrogen) atoms. The number of aryl methyl sites for hydroxylation is 2. The number of carbonyl (C=O) groups is 1. The van der Waals surface area contributed by atoms with Gasteiger partial charge in [-0.05, 0) is 25.5 Å². The van der Waals surface area contributed by atoms with Gasteiger partial charge in [0.15, 0.2) is 5.13 Å². The maximum atomic E-state index is 11.8. The Morgan fingerprint density at radius 1 is 1.26 bits per heavy atom. The Labute approximate surface area is 137 Å². The summed E-state index contributed by atoms with van der Waals surface area (Å²) in [5.74, 6) is 0.993. The van der Waals surface area contributed by atoms with Crippen molar-refractivity contribution in [3.05, 3.63) is 47.3 Å². The first kappa shape index (κ1) is 15.4. The van der Waals surface area contributed by atoms with Crippen molar-refractivity contribution in [3.63, 3.8) is 0 Å². The van der Waals surface area contributed by atoms with Crippen LogP contribution >= 0.6 is 11.3 Å². The van der Waals surface area contributed by atoms with Crippen molar-refractivity contribution in [2.75, 3.05) is 5.32 Å². The molecule has 0 fully saturated rings. The molecular weight excluding hydrogens is 312 g/mol. The summed E-state index contributed by atoms with van der Waals surface area (Å²) in [5, 5.41) is 11.5. The molecule has 0 radical (unpaired) electrons. The largest absolute Gasteiger partial charge is 0.421 e. The van der Waals surface area contributed by atoms with Crippen LogP contribution in [0.4, 0.5) is 5.13 Å². The predicted octanol–water partition coefficient (Wildman–Crippen LogP) is 3.46. The molecule has 3 rings (SSSR count). The highest BCUT2D eigenvalue weighted by molar-refractivity contribution is 7.15. The van der Waals surface area contributed by atoms with Crippen LogP contribution < -0.4 is 5.32 Å². The lowest BCUT2D eigenvalue weighted by atomic mass is 10.2. The summed E-state index contributed by atoms with van der Waals surface area (Å²) in [6, 6.07) is 9.61. The Morgan fingerprint density at radius 2 is 2.09 bits per heavy atom. The molecule has 1 aromatic carbocycles. The lowest BCUT2D eigenvalue weighted by Gasteiger charge is -2.00. The van der Waals surface area contributed by atoms with Gasteiger partial charge in [-0.25, -0.2) is 4.98 Å². The van der Waals surface area contributed by atoms with E-state index in [0.29, 0.717) is 36.2 Å². The van der Waals surface area contributed by atoms with E-state index in [9.17, 15) is 4.79 Å². The first-order valence-corrected chi connectivity index (χ1v) is 8.12. The zero-order chi connectivity index (χ0) is 16.1. The molecule has 7 heteroatoms. The van der Waals surface area contributed by atoms with Crippen molar-refractivity contribution >= 4 is 22.4 Å². The fraction of sp³-hybridized carbons (Fsp3) is 0.250. The standard InChI is InChI=1S/C16H16N4O2S/c1-11-10-17-16(23-11)18-13(21)8-5-9-14-19-20-15(22-14)12-6-3-2-4-7-12/h2-4,6-7,10H,5,8-9H2,1H3,(H,17,18,21). The summed E-state index contributed by atoms with van der Waals surface area (Å²) in [7, 11) is 0. The number of nitrogens with zero attached hydrogens (tertiary/aromatic N) is 3. The van der Waals surface area contributed by atoms with Gasteiger partial charge in [0.25, 0.3) is 0 Å². The first-order valence-electron chi connectivity index (χ1n) is 7.31. The van der Waals surface area contributed by atoms with Gasteiger partial charge in [-0.15, -0.1) is 21.5 Å². The van der Waals surface area contributed by atoms with Crippen LogP contribution in [0.2, 0.25) is 0 Å². The fourth-order valence-electron chi connectivity index (χ4n) is 2.05. The van der Waals surface area contributed by atoms with Gasteiger partial charge in [-0.3, -0.25) is 4.79 Å². The molecule has 0 saturated heterocycles. The van der Waals surface area contributed by atoms with Crippen LogP contribution in [0.1, 0.15) is 23.6 Å². The monoisotopic (exact) mass is 328 g/mol. The summed E-state index contributed by atoms with van der Waals surface area (Å²) in [5.41, 5.74) is 0.892. The van der Waals surface area contributed by atoms with Gasteiger partial charge in [-0.2, -0.15) is 0 Å². The number of anilines is 1. The van der Waals surface area contributed by atoms with E-state index in [-0.39, 0.29) is 5.91 Å². The maximum absolute atomic E-state index is 11.8. The Kier molecular flexibility index (Phi) is 4.77. The van der Waals surface area contributed by atoms with Crippen LogP contribution in [0.25, 0.3) is 11.5 Å². The van der Waals surface area contributed by atoms with E-state index < -0.39 is 0 Å². The van der Waals surface area contributed by atoms with Crippen LogP contribution in [0, 0.1) is 6.92 Å². The highest BCUT2D eigenvalue weighted by Gasteiger charge is 2.10. The molecule has 6 nitrogen and oxygen atoms in total. The molecular formula is C16H16N4O2S. The van der Waals surface area contributed by atoms with E-state index >= 15 is 0 Å². The molecule has 0 aliphatic rings. The van der Waals surface area contributed by atoms with Crippen molar-refractivity contribution in [2.45, 2.75) is 26.2 Å². The number of hydrogen-bond donors (Lipinski definition) is 1. The molecule has 0 saturated carbocycles. The third-order valence-electron chi connectivity index (χ3n) is 3.15. The molecule has 118 valence electrons. The Balaban J connectivity index is 1.47. The third-order valence-corrected chi connectivity index (χ3v) is 3.98. The number of carbonyl (C=O) groups excluding carboxylic acids is 1. The molecule has 2 aromatic heterocycles. The van der Waals surface area contributed by atoms with Gasteiger partial charge < -0.3 is 9.73 Å². The molecule has 0 spiro atoms. The zero-order valence-electron chi connectivity index (χ0n) is 12.7. The maximum Gasteiger partial charge on any atom is 0.247 e. The van der Waals surface area contributed by atoms with Gasteiger partial charge in [0.05, 0.1) is 0 Å². The van der Waals surface area contributed by atoms with E-state index in [1.54, 1.807) is 6.20 Å². The minimum Gasteiger partial charge on any atom is -0.421 e. The fourth-order valence-corrected chi connectivity index (χ4v) is 2.73. The van der Waals surface area contributed by atoms with E-state index in [4.69, 9.17) is 4.42 Å². The molecule has 0 bridgehead atoms. The molecule has 1 N–H and O–H groups in total. The van der Waals surface area contributed by atoms with Gasteiger partial charge in [0.2, 0.25) is 17.7 Å². The Bertz CT molecular complexity index is 782. The van der Waals surface area contributed by atoms with Crippen molar-refractivity contribution < 1.29 is 9.21 Å². The number of thiazole rings is 1. The number of nitrogens with one attached hydrogen (secondary N) is 1. The lowest BCUT2D eigenvalue weighted by Crippen LogP contribution is -2.11. The number of amides is 1. The molecule has 0 atom stereocenters. The van der Waals surface area contributed by atoms with Crippen molar-refractivity contribution in [2.24, 2.45) is 0 Å². The lowest BCUT2D eigenvalue weighted by molar-refractivity contribution is -0.116. The van der Waals surface area contributed by atoms with Crippen molar-refractivity contribution in [1.29, 1.82) is 0 Å².